The van der Waals surface area contributed by atoms with Gasteiger partial charge in [-0.15, -0.1) is 12.6 Å². The maximum absolute atomic E-state index is 11.0. The van der Waals surface area contributed by atoms with Crippen LogP contribution in [0.3, 0.4) is 0 Å². The van der Waals surface area contributed by atoms with Gasteiger partial charge < -0.3 is 9.84 Å². The van der Waals surface area contributed by atoms with Gasteiger partial charge >= 0.3 is 0 Å². The molecule has 0 radical (unpaired) electrons. The molecule has 1 rings (SSSR count). The quantitative estimate of drug-likeness (QED) is 0.713. The predicted molar refractivity (Wildman–Crippen MR) is 52.3 cm³/mol. The smallest absolute Gasteiger partial charge is 0.220 e. The van der Waals surface area contributed by atoms with E-state index in [1.807, 2.05) is 0 Å². The van der Waals surface area contributed by atoms with Crippen molar-refractivity contribution in [1.29, 1.82) is 0 Å². The normalized spacial score (nSPS) is 9.69. The second kappa shape index (κ2) is 4.89. The Morgan fingerprint density at radius 1 is 1.46 bits per heavy atom. The summed E-state index contributed by atoms with van der Waals surface area (Å²) in [7, 11) is 0. The molecule has 70 valence electrons. The highest BCUT2D eigenvalue weighted by Crippen LogP contribution is 2.19. The zero-order valence-corrected chi connectivity index (χ0v) is 7.83. The first-order valence-electron chi connectivity index (χ1n) is 3.81. The second-order valence-corrected chi connectivity index (χ2v) is 2.78. The standard InChI is InChI=1S/C9H10O3S/c10-5-6-12-8-4-2-1-3-7(8)9(11)13/h1-4,10H,5-6H2,(H,11,13). The van der Waals surface area contributed by atoms with E-state index in [9.17, 15) is 4.79 Å². The third kappa shape index (κ3) is 2.75. The summed E-state index contributed by atoms with van der Waals surface area (Å²) >= 11 is 3.70. The van der Waals surface area contributed by atoms with Gasteiger partial charge in [0.1, 0.15) is 12.4 Å². The number of aliphatic hydroxyl groups is 1. The largest absolute Gasteiger partial charge is 0.490 e. The molecule has 0 heterocycles. The van der Waals surface area contributed by atoms with Crippen molar-refractivity contribution in [1.82, 2.24) is 0 Å². The summed E-state index contributed by atoms with van der Waals surface area (Å²) in [4.78, 5) is 11.0. The number of hydrogen-bond donors (Lipinski definition) is 2. The molecule has 3 nitrogen and oxygen atoms in total. The topological polar surface area (TPSA) is 46.5 Å². The van der Waals surface area contributed by atoms with Crippen LogP contribution in [0.4, 0.5) is 0 Å². The Morgan fingerprint density at radius 3 is 2.77 bits per heavy atom. The fourth-order valence-electron chi connectivity index (χ4n) is 0.925. The molecule has 1 aromatic carbocycles. The summed E-state index contributed by atoms with van der Waals surface area (Å²) in [6.45, 7) is 0.104. The van der Waals surface area contributed by atoms with Crippen LogP contribution in [0.5, 0.6) is 5.75 Å². The molecule has 0 amide bonds. The van der Waals surface area contributed by atoms with E-state index in [1.165, 1.54) is 0 Å². The molecule has 0 unspecified atom stereocenters. The monoisotopic (exact) mass is 198 g/mol. The van der Waals surface area contributed by atoms with Gasteiger partial charge in [0, 0.05) is 0 Å². The summed E-state index contributed by atoms with van der Waals surface area (Å²) in [5.74, 6) is 0.455. The molecule has 0 bridgehead atoms. The highest BCUT2D eigenvalue weighted by atomic mass is 32.1. The highest BCUT2D eigenvalue weighted by Gasteiger charge is 2.06. The number of carbonyl (C=O) groups excluding carboxylic acids is 1. The lowest BCUT2D eigenvalue weighted by atomic mass is 10.2. The molecular weight excluding hydrogens is 188 g/mol. The number of thiol groups is 1. The van der Waals surface area contributed by atoms with E-state index in [0.29, 0.717) is 11.3 Å². The van der Waals surface area contributed by atoms with Crippen molar-refractivity contribution >= 4 is 17.7 Å². The minimum absolute atomic E-state index is 0.0743. The average Bonchev–Trinajstić information content (AvgIpc) is 2.15. The first-order valence-corrected chi connectivity index (χ1v) is 4.26. The van der Waals surface area contributed by atoms with Gasteiger partial charge in [-0.2, -0.15) is 0 Å². The lowest BCUT2D eigenvalue weighted by Gasteiger charge is -2.06. The first kappa shape index (κ1) is 10.1. The van der Waals surface area contributed by atoms with Crippen LogP contribution in [0.25, 0.3) is 0 Å². The Balaban J connectivity index is 2.84. The van der Waals surface area contributed by atoms with Gasteiger partial charge in [-0.25, -0.2) is 0 Å². The Labute approximate surface area is 81.8 Å². The van der Waals surface area contributed by atoms with E-state index in [1.54, 1.807) is 24.3 Å². The summed E-state index contributed by atoms with van der Waals surface area (Å²) in [5.41, 5.74) is 0.416. The zero-order valence-electron chi connectivity index (χ0n) is 6.93. The van der Waals surface area contributed by atoms with Gasteiger partial charge in [-0.1, -0.05) is 12.1 Å². The first-order chi connectivity index (χ1) is 6.25. The van der Waals surface area contributed by atoms with Crippen LogP contribution in [0, 0.1) is 0 Å². The lowest BCUT2D eigenvalue weighted by molar-refractivity contribution is 0.108. The molecule has 0 atom stereocenters. The second-order valence-electron chi connectivity index (χ2n) is 2.37. The van der Waals surface area contributed by atoms with Gasteiger partial charge in [0.2, 0.25) is 5.12 Å². The summed E-state index contributed by atoms with van der Waals surface area (Å²) in [6.07, 6.45) is 0. The molecule has 1 N–H and O–H groups in total. The van der Waals surface area contributed by atoms with Crippen LogP contribution < -0.4 is 4.74 Å². The molecule has 0 aromatic heterocycles. The third-order valence-corrected chi connectivity index (χ3v) is 1.71. The predicted octanol–water partition coefficient (Wildman–Crippen LogP) is 1.13. The van der Waals surface area contributed by atoms with Crippen LogP contribution in [-0.4, -0.2) is 23.4 Å². The Kier molecular flexibility index (Phi) is 3.79. The number of rotatable bonds is 4. The van der Waals surface area contributed by atoms with Crippen molar-refractivity contribution in [2.24, 2.45) is 0 Å². The molecule has 1 aromatic rings. The van der Waals surface area contributed by atoms with E-state index in [4.69, 9.17) is 9.84 Å². The molecule has 0 fully saturated rings. The van der Waals surface area contributed by atoms with Crippen molar-refractivity contribution in [3.8, 4) is 5.75 Å². The van der Waals surface area contributed by atoms with Crippen molar-refractivity contribution < 1.29 is 14.6 Å². The fraction of sp³-hybridized carbons (Fsp3) is 0.222. The number of carbonyl (C=O) groups is 1. The van der Waals surface area contributed by atoms with Crippen LogP contribution in [-0.2, 0) is 0 Å². The molecule has 0 spiro atoms. The zero-order chi connectivity index (χ0) is 9.68. The maximum atomic E-state index is 11.0. The minimum Gasteiger partial charge on any atom is -0.490 e. The van der Waals surface area contributed by atoms with Gasteiger partial charge in [-0.3, -0.25) is 4.79 Å². The van der Waals surface area contributed by atoms with Crippen LogP contribution in [0.15, 0.2) is 24.3 Å². The molecule has 0 aliphatic rings. The van der Waals surface area contributed by atoms with E-state index in [-0.39, 0.29) is 18.3 Å². The molecule has 13 heavy (non-hydrogen) atoms. The summed E-state index contributed by atoms with van der Waals surface area (Å²) in [6, 6.07) is 6.78. The van der Waals surface area contributed by atoms with E-state index >= 15 is 0 Å². The van der Waals surface area contributed by atoms with Crippen molar-refractivity contribution in [3.63, 3.8) is 0 Å². The molecule has 0 aliphatic heterocycles. The third-order valence-electron chi connectivity index (χ3n) is 1.47. The fourth-order valence-corrected chi connectivity index (χ4v) is 1.11. The molecule has 0 saturated carbocycles. The summed E-state index contributed by atoms with van der Waals surface area (Å²) < 4.78 is 5.13. The Hall–Kier alpha value is -1.00. The van der Waals surface area contributed by atoms with Crippen LogP contribution in [0.2, 0.25) is 0 Å². The number of aliphatic hydroxyl groups excluding tert-OH is 1. The number of hydrogen-bond acceptors (Lipinski definition) is 3. The van der Waals surface area contributed by atoms with E-state index < -0.39 is 0 Å². The molecule has 0 saturated heterocycles. The van der Waals surface area contributed by atoms with E-state index in [0.717, 1.165) is 0 Å². The molecule has 4 heteroatoms. The van der Waals surface area contributed by atoms with Crippen LogP contribution >= 0.6 is 12.6 Å². The highest BCUT2D eigenvalue weighted by molar-refractivity contribution is 7.97. The molecular formula is C9H10O3S. The van der Waals surface area contributed by atoms with Crippen LogP contribution in [0.1, 0.15) is 10.4 Å². The van der Waals surface area contributed by atoms with Gasteiger partial charge in [0.05, 0.1) is 12.2 Å². The summed E-state index contributed by atoms with van der Waals surface area (Å²) in [5, 5.41) is 8.19. The van der Waals surface area contributed by atoms with Gasteiger partial charge in [-0.05, 0) is 12.1 Å². The minimum atomic E-state index is -0.339. The number of para-hydroxylation sites is 1. The average molecular weight is 198 g/mol. The number of ether oxygens (including phenoxy) is 1. The maximum Gasteiger partial charge on any atom is 0.220 e. The van der Waals surface area contributed by atoms with Crippen molar-refractivity contribution in [2.45, 2.75) is 0 Å². The Bertz CT molecular complexity index is 299. The van der Waals surface area contributed by atoms with Gasteiger partial charge in [0.15, 0.2) is 0 Å². The molecule has 0 aliphatic carbocycles. The Morgan fingerprint density at radius 2 is 2.15 bits per heavy atom. The van der Waals surface area contributed by atoms with Crippen molar-refractivity contribution in [2.75, 3.05) is 13.2 Å². The van der Waals surface area contributed by atoms with Gasteiger partial charge in [0.25, 0.3) is 0 Å². The lowest BCUT2D eigenvalue weighted by Crippen LogP contribution is -2.04. The van der Waals surface area contributed by atoms with Crippen molar-refractivity contribution in [3.05, 3.63) is 29.8 Å². The number of benzene rings is 1. The van der Waals surface area contributed by atoms with E-state index in [2.05, 4.69) is 12.6 Å². The SMILES string of the molecule is O=C(S)c1ccccc1OCCO.